The number of carbonyl (C=O) groups is 1. The van der Waals surface area contributed by atoms with Gasteiger partial charge in [0.1, 0.15) is 11.4 Å². The number of piperazine rings is 1. The Morgan fingerprint density at radius 1 is 1.03 bits per heavy atom. The van der Waals surface area contributed by atoms with Gasteiger partial charge in [-0.1, -0.05) is 48.4 Å². The number of ether oxygens (including phenoxy) is 1. The van der Waals surface area contributed by atoms with Crippen LogP contribution < -0.4 is 15.0 Å². The first-order valence-corrected chi connectivity index (χ1v) is 12.1. The van der Waals surface area contributed by atoms with Crippen LogP contribution in [-0.4, -0.2) is 60.0 Å². The first-order chi connectivity index (χ1) is 17.7. The van der Waals surface area contributed by atoms with Crippen molar-refractivity contribution in [2.24, 2.45) is 0 Å². The Morgan fingerprint density at radius 2 is 1.78 bits per heavy atom. The van der Waals surface area contributed by atoms with Gasteiger partial charge in [0.15, 0.2) is 0 Å². The van der Waals surface area contributed by atoms with Crippen LogP contribution in [0, 0.1) is 12.3 Å². The number of benzene rings is 2. The second-order valence-corrected chi connectivity index (χ2v) is 8.74. The fourth-order valence-corrected chi connectivity index (χ4v) is 4.69. The number of rotatable bonds is 7. The molecule has 7 nitrogen and oxygen atoms in total. The van der Waals surface area contributed by atoms with Crippen LogP contribution in [0.3, 0.4) is 0 Å². The number of imidazole rings is 1. The number of anilines is 1. The molecule has 0 unspecified atom stereocenters. The Hall–Kier alpha value is -4.28. The van der Waals surface area contributed by atoms with Crippen LogP contribution in [0.25, 0.3) is 16.9 Å². The maximum atomic E-state index is 12.6. The van der Waals surface area contributed by atoms with E-state index in [9.17, 15) is 4.79 Å². The third kappa shape index (κ3) is 4.77. The summed E-state index contributed by atoms with van der Waals surface area (Å²) in [6.45, 7) is 4.53. The van der Waals surface area contributed by atoms with Gasteiger partial charge in [0.05, 0.1) is 36.3 Å². The minimum Gasteiger partial charge on any atom is -0.495 e. The molecule has 0 aliphatic carbocycles. The number of pyridine rings is 1. The topological polar surface area (TPSA) is 62.1 Å². The van der Waals surface area contributed by atoms with Crippen LogP contribution in [0.5, 0.6) is 5.75 Å². The number of terminal acetylenes is 1. The fourth-order valence-electron chi connectivity index (χ4n) is 4.69. The van der Waals surface area contributed by atoms with E-state index in [0.717, 1.165) is 66.8 Å². The molecule has 0 spiro atoms. The number of methoxy groups -OCH3 is 1. The Labute approximate surface area is 211 Å². The molecule has 2 aromatic heterocycles. The highest BCUT2D eigenvalue weighted by atomic mass is 16.5. The van der Waals surface area contributed by atoms with Gasteiger partial charge in [-0.3, -0.25) is 9.69 Å². The molecule has 5 rings (SSSR count). The number of aromatic nitrogens is 2. The second kappa shape index (κ2) is 10.5. The van der Waals surface area contributed by atoms with Gasteiger partial charge in [-0.2, -0.15) is 0 Å². The Morgan fingerprint density at radius 3 is 2.53 bits per heavy atom. The van der Waals surface area contributed by atoms with E-state index in [2.05, 4.69) is 39.2 Å². The molecule has 3 heterocycles. The number of nitrogens with one attached hydrogen (secondary N) is 1. The lowest BCUT2D eigenvalue weighted by atomic mass is 10.1. The summed E-state index contributed by atoms with van der Waals surface area (Å²) in [7, 11) is 1.71. The van der Waals surface area contributed by atoms with Gasteiger partial charge >= 0.3 is 0 Å². The number of hydrogen-bond acceptors (Lipinski definition) is 5. The van der Waals surface area contributed by atoms with Crippen LogP contribution in [0.2, 0.25) is 0 Å². The average Bonchev–Trinajstić information content (AvgIpc) is 3.30. The van der Waals surface area contributed by atoms with Gasteiger partial charge in [-0.25, -0.2) is 4.98 Å². The summed E-state index contributed by atoms with van der Waals surface area (Å²) in [5.74, 6) is 3.15. The van der Waals surface area contributed by atoms with Gasteiger partial charge in [-0.05, 0) is 24.3 Å². The molecule has 1 saturated heterocycles. The van der Waals surface area contributed by atoms with E-state index < -0.39 is 0 Å². The highest BCUT2D eigenvalue weighted by Crippen LogP contribution is 2.30. The van der Waals surface area contributed by atoms with E-state index >= 15 is 0 Å². The van der Waals surface area contributed by atoms with Crippen molar-refractivity contribution in [3.8, 4) is 29.4 Å². The molecule has 0 saturated carbocycles. The fraction of sp³-hybridized carbons (Fsp3) is 0.241. The van der Waals surface area contributed by atoms with E-state index in [1.807, 2.05) is 53.1 Å². The van der Waals surface area contributed by atoms with Crippen LogP contribution in [0.4, 0.5) is 5.69 Å². The number of amides is 1. The van der Waals surface area contributed by atoms with Gasteiger partial charge in [0.2, 0.25) is 0 Å². The zero-order chi connectivity index (χ0) is 24.9. The van der Waals surface area contributed by atoms with Gasteiger partial charge in [0, 0.05) is 44.5 Å². The predicted molar refractivity (Wildman–Crippen MR) is 142 cm³/mol. The molecule has 182 valence electrons. The molecule has 1 aliphatic heterocycles. The monoisotopic (exact) mass is 479 g/mol. The van der Waals surface area contributed by atoms with E-state index in [4.69, 9.17) is 16.1 Å². The molecule has 2 aromatic carbocycles. The highest BCUT2D eigenvalue weighted by Gasteiger charge is 2.23. The molecule has 1 fully saturated rings. The first kappa shape index (κ1) is 23.5. The second-order valence-electron chi connectivity index (χ2n) is 8.74. The van der Waals surface area contributed by atoms with Crippen molar-refractivity contribution in [1.29, 1.82) is 0 Å². The molecule has 0 bridgehead atoms. The molecular formula is C29H29N5O2. The molecule has 4 aromatic rings. The van der Waals surface area contributed by atoms with Crippen molar-refractivity contribution >= 4 is 17.2 Å². The van der Waals surface area contributed by atoms with E-state index in [1.54, 1.807) is 13.2 Å². The normalized spacial score (nSPS) is 13.9. The van der Waals surface area contributed by atoms with Crippen LogP contribution in [0.1, 0.15) is 16.1 Å². The number of para-hydroxylation sites is 2. The van der Waals surface area contributed by atoms with Gasteiger partial charge in [0.25, 0.3) is 5.91 Å². The minimum atomic E-state index is -0.193. The lowest BCUT2D eigenvalue weighted by molar-refractivity contribution is 0.0958. The van der Waals surface area contributed by atoms with Crippen molar-refractivity contribution in [2.45, 2.75) is 6.54 Å². The van der Waals surface area contributed by atoms with Crippen molar-refractivity contribution in [2.75, 3.05) is 44.7 Å². The van der Waals surface area contributed by atoms with Gasteiger partial charge in [-0.15, -0.1) is 6.42 Å². The van der Waals surface area contributed by atoms with E-state index in [-0.39, 0.29) is 12.5 Å². The molecule has 1 aliphatic rings. The first-order valence-electron chi connectivity index (χ1n) is 12.1. The van der Waals surface area contributed by atoms with E-state index in [0.29, 0.717) is 5.56 Å². The van der Waals surface area contributed by atoms with Crippen LogP contribution in [-0.2, 0) is 6.54 Å². The standard InChI is InChI=1S/C29H29N5O2/c1-3-15-30-29(35)23-13-14-27-31-28(22-9-5-4-6-10-22)25(34(27)20-23)21-32-16-18-33(19-17-32)24-11-7-8-12-26(24)36-2/h1,4-14,20H,15-19,21H2,2H3,(H,30,35). The summed E-state index contributed by atoms with van der Waals surface area (Å²) in [5, 5.41) is 2.75. The molecule has 7 heteroatoms. The van der Waals surface area contributed by atoms with Crippen molar-refractivity contribution in [1.82, 2.24) is 19.6 Å². The number of carbonyl (C=O) groups excluding carboxylic acids is 1. The summed E-state index contributed by atoms with van der Waals surface area (Å²) in [5.41, 5.74) is 5.55. The zero-order valence-electron chi connectivity index (χ0n) is 20.4. The maximum absolute atomic E-state index is 12.6. The number of fused-ring (bicyclic) bond motifs is 1. The molecule has 1 amide bonds. The SMILES string of the molecule is C#CCNC(=O)c1ccc2nc(-c3ccccc3)c(CN3CCN(c4ccccc4OC)CC3)n2c1. The van der Waals surface area contributed by atoms with Crippen molar-refractivity contribution in [3.05, 3.63) is 84.2 Å². The number of nitrogens with zero attached hydrogens (tertiary/aromatic N) is 4. The Bertz CT molecular complexity index is 1400. The Balaban J connectivity index is 1.43. The largest absolute Gasteiger partial charge is 0.495 e. The summed E-state index contributed by atoms with van der Waals surface area (Å²) < 4.78 is 7.61. The summed E-state index contributed by atoms with van der Waals surface area (Å²) in [4.78, 5) is 22.3. The molecule has 1 N–H and O–H groups in total. The lowest BCUT2D eigenvalue weighted by Crippen LogP contribution is -2.46. The molecular weight excluding hydrogens is 450 g/mol. The Kier molecular flexibility index (Phi) is 6.87. The van der Waals surface area contributed by atoms with Crippen LogP contribution in [0.15, 0.2) is 72.9 Å². The summed E-state index contributed by atoms with van der Waals surface area (Å²) in [6, 6.07) is 22.0. The predicted octanol–water partition coefficient (Wildman–Crippen LogP) is 3.70. The van der Waals surface area contributed by atoms with E-state index in [1.165, 1.54) is 0 Å². The van der Waals surface area contributed by atoms with Crippen LogP contribution >= 0.6 is 0 Å². The maximum Gasteiger partial charge on any atom is 0.253 e. The average molecular weight is 480 g/mol. The molecule has 0 radical (unpaired) electrons. The molecule has 0 atom stereocenters. The van der Waals surface area contributed by atoms with Crippen molar-refractivity contribution in [3.63, 3.8) is 0 Å². The summed E-state index contributed by atoms with van der Waals surface area (Å²) >= 11 is 0. The summed E-state index contributed by atoms with van der Waals surface area (Å²) in [6.07, 6.45) is 7.17. The zero-order valence-corrected chi connectivity index (χ0v) is 20.4. The quantitative estimate of drug-likeness (QED) is 0.410. The molecule has 36 heavy (non-hydrogen) atoms. The third-order valence-electron chi connectivity index (χ3n) is 6.55. The smallest absolute Gasteiger partial charge is 0.253 e. The lowest BCUT2D eigenvalue weighted by Gasteiger charge is -2.36. The third-order valence-corrected chi connectivity index (χ3v) is 6.55. The number of hydrogen-bond donors (Lipinski definition) is 1. The minimum absolute atomic E-state index is 0.193. The highest BCUT2D eigenvalue weighted by molar-refractivity contribution is 5.94. The van der Waals surface area contributed by atoms with Gasteiger partial charge < -0.3 is 19.4 Å². The van der Waals surface area contributed by atoms with Crippen molar-refractivity contribution < 1.29 is 9.53 Å².